The smallest absolute Gasteiger partial charge is 0.248 e. The number of hydrogen-bond donors (Lipinski definition) is 2. The van der Waals surface area contributed by atoms with Crippen LogP contribution < -0.4 is 5.32 Å². The minimum Gasteiger partial charge on any atom is -0.451 e. The van der Waals surface area contributed by atoms with Crippen molar-refractivity contribution in [1.82, 2.24) is 30.2 Å². The van der Waals surface area contributed by atoms with Gasteiger partial charge in [-0.25, -0.2) is 9.67 Å². The average molecular weight is 416 g/mol. The van der Waals surface area contributed by atoms with Crippen LogP contribution in [0.15, 0.2) is 23.3 Å². The Kier molecular flexibility index (Phi) is 5.35. The van der Waals surface area contributed by atoms with E-state index < -0.39 is 23.6 Å². The van der Waals surface area contributed by atoms with Crippen LogP contribution in [0.1, 0.15) is 63.4 Å². The van der Waals surface area contributed by atoms with Gasteiger partial charge in [-0.2, -0.15) is 0 Å². The van der Waals surface area contributed by atoms with E-state index >= 15 is 0 Å². The third kappa shape index (κ3) is 4.23. The predicted octanol–water partition coefficient (Wildman–Crippen LogP) is 1.01. The lowest BCUT2D eigenvalue weighted by Gasteiger charge is -2.34. The number of β-amino-alcohol motifs (C(OH)–C–C–N with tert-alkyl or cyclic N) is 1. The molecule has 30 heavy (non-hydrogen) atoms. The molecule has 2 aromatic heterocycles. The van der Waals surface area contributed by atoms with Crippen molar-refractivity contribution in [3.63, 3.8) is 0 Å². The van der Waals surface area contributed by atoms with Gasteiger partial charge < -0.3 is 19.7 Å². The van der Waals surface area contributed by atoms with Gasteiger partial charge in [0.2, 0.25) is 11.8 Å². The lowest BCUT2D eigenvalue weighted by atomic mass is 9.85. The summed E-state index contributed by atoms with van der Waals surface area (Å²) in [5, 5.41) is 21.5. The molecule has 10 heteroatoms. The average Bonchev–Trinajstić information content (AvgIpc) is 3.08. The van der Waals surface area contributed by atoms with Crippen LogP contribution in [0, 0.1) is 5.41 Å². The molecule has 2 amide bonds. The van der Waals surface area contributed by atoms with Crippen molar-refractivity contribution >= 4 is 11.8 Å². The van der Waals surface area contributed by atoms with Gasteiger partial charge in [-0.1, -0.05) is 26.0 Å². The zero-order valence-electron chi connectivity index (χ0n) is 17.5. The summed E-state index contributed by atoms with van der Waals surface area (Å²) in [5.41, 5.74) is 1.03. The quantitative estimate of drug-likeness (QED) is 0.719. The topological polar surface area (TPSA) is 126 Å². The lowest BCUT2D eigenvalue weighted by Crippen LogP contribution is -2.50. The molecule has 1 aliphatic heterocycles. The molecular weight excluding hydrogens is 388 g/mol. The van der Waals surface area contributed by atoms with Crippen molar-refractivity contribution in [3.8, 4) is 0 Å². The molecule has 4 rings (SSSR count). The molecule has 2 N–H and O–H groups in total. The van der Waals surface area contributed by atoms with E-state index in [9.17, 15) is 14.7 Å². The molecule has 0 aromatic carbocycles. The summed E-state index contributed by atoms with van der Waals surface area (Å²) in [6.45, 7) is 6.18. The van der Waals surface area contributed by atoms with Crippen molar-refractivity contribution in [2.75, 3.05) is 6.54 Å². The predicted molar refractivity (Wildman–Crippen MR) is 105 cm³/mol. The third-order valence-corrected chi connectivity index (χ3v) is 5.63. The Bertz CT molecular complexity index is 899. The van der Waals surface area contributed by atoms with Crippen LogP contribution in [-0.2, 0) is 16.1 Å². The minimum atomic E-state index is -0.754. The molecule has 2 fully saturated rings. The summed E-state index contributed by atoms with van der Waals surface area (Å²) < 4.78 is 6.52. The van der Waals surface area contributed by atoms with Gasteiger partial charge >= 0.3 is 0 Å². The number of carbonyl (C=O) groups is 2. The molecular formula is C20H28N6O4. The summed E-state index contributed by atoms with van der Waals surface area (Å²) in [7, 11) is 0. The van der Waals surface area contributed by atoms with E-state index in [-0.39, 0.29) is 31.3 Å². The van der Waals surface area contributed by atoms with Crippen LogP contribution in [0.3, 0.4) is 0 Å². The Labute approximate surface area is 174 Å². The van der Waals surface area contributed by atoms with Crippen LogP contribution in [0.5, 0.6) is 0 Å². The Balaban J connectivity index is 1.53. The maximum Gasteiger partial charge on any atom is 0.248 e. The number of amides is 2. The molecule has 0 radical (unpaired) electrons. The van der Waals surface area contributed by atoms with Crippen LogP contribution >= 0.6 is 0 Å². The molecule has 1 aliphatic carbocycles. The molecule has 2 aromatic rings. The first-order chi connectivity index (χ1) is 14.2. The van der Waals surface area contributed by atoms with Gasteiger partial charge in [-0.15, -0.1) is 5.10 Å². The first-order valence-corrected chi connectivity index (χ1v) is 10.3. The van der Waals surface area contributed by atoms with E-state index in [4.69, 9.17) is 4.42 Å². The number of nitrogens with one attached hydrogen (secondary N) is 1. The molecule has 3 atom stereocenters. The molecule has 2 aliphatic rings. The Morgan fingerprint density at radius 1 is 1.37 bits per heavy atom. The van der Waals surface area contributed by atoms with Crippen LogP contribution in [0.25, 0.3) is 0 Å². The highest BCUT2D eigenvalue weighted by Crippen LogP contribution is 2.40. The monoisotopic (exact) mass is 416 g/mol. The van der Waals surface area contributed by atoms with Gasteiger partial charge in [0.15, 0.2) is 6.39 Å². The van der Waals surface area contributed by atoms with Gasteiger partial charge in [0.05, 0.1) is 24.0 Å². The van der Waals surface area contributed by atoms with Crippen molar-refractivity contribution < 1.29 is 19.1 Å². The maximum atomic E-state index is 13.6. The number of oxazole rings is 1. The third-order valence-electron chi connectivity index (χ3n) is 5.63. The summed E-state index contributed by atoms with van der Waals surface area (Å²) in [4.78, 5) is 31.8. The molecule has 1 saturated heterocycles. The zero-order chi connectivity index (χ0) is 21.5. The number of aliphatic hydroxyl groups is 1. The second kappa shape index (κ2) is 7.82. The summed E-state index contributed by atoms with van der Waals surface area (Å²) >= 11 is 0. The number of carbonyl (C=O) groups excluding carboxylic acids is 2. The first-order valence-electron chi connectivity index (χ1n) is 10.3. The van der Waals surface area contributed by atoms with Gasteiger partial charge in [0, 0.05) is 25.1 Å². The van der Waals surface area contributed by atoms with Gasteiger partial charge in [-0.3, -0.25) is 9.59 Å². The fraction of sp³-hybridized carbons (Fsp3) is 0.650. The van der Waals surface area contributed by atoms with Gasteiger partial charge in [0.25, 0.3) is 0 Å². The number of aromatic nitrogens is 4. The number of rotatable bonds is 6. The second-order valence-corrected chi connectivity index (χ2v) is 9.26. The van der Waals surface area contributed by atoms with Crippen LogP contribution in [-0.4, -0.2) is 60.5 Å². The standard InChI is InChI=1S/C20H28N6O4/c1-20(2,3)17(26-9-15(23-24-26)12-4-5-12)19(29)25-8-14(27)6-16(25)18(28)21-7-13-10-30-11-22-13/h9-12,14,16-17,27H,4-8H2,1-3H3,(H,21,28)/t14?,16?,17-/m1/s1. The van der Waals surface area contributed by atoms with E-state index in [1.807, 2.05) is 27.0 Å². The highest BCUT2D eigenvalue weighted by molar-refractivity contribution is 5.90. The van der Waals surface area contributed by atoms with E-state index in [0.717, 1.165) is 18.5 Å². The molecule has 162 valence electrons. The summed E-state index contributed by atoms with van der Waals surface area (Å²) in [6, 6.07) is -1.38. The largest absolute Gasteiger partial charge is 0.451 e. The minimum absolute atomic E-state index is 0.109. The molecule has 1 saturated carbocycles. The molecule has 10 nitrogen and oxygen atoms in total. The van der Waals surface area contributed by atoms with Crippen molar-refractivity contribution in [2.24, 2.45) is 5.41 Å². The Morgan fingerprint density at radius 2 is 2.13 bits per heavy atom. The molecule has 2 unspecified atom stereocenters. The maximum absolute atomic E-state index is 13.6. The molecule has 0 bridgehead atoms. The first kappa shape index (κ1) is 20.5. The summed E-state index contributed by atoms with van der Waals surface area (Å²) in [6.07, 6.45) is 6.21. The van der Waals surface area contributed by atoms with Gasteiger partial charge in [-0.05, 0) is 18.3 Å². The van der Waals surface area contributed by atoms with Crippen LogP contribution in [0.2, 0.25) is 0 Å². The molecule has 3 heterocycles. The van der Waals surface area contributed by atoms with Crippen LogP contribution in [0.4, 0.5) is 0 Å². The number of nitrogens with zero attached hydrogens (tertiary/aromatic N) is 5. The highest BCUT2D eigenvalue weighted by atomic mass is 16.3. The van der Waals surface area contributed by atoms with E-state index in [2.05, 4.69) is 20.6 Å². The fourth-order valence-corrected chi connectivity index (χ4v) is 3.95. The van der Waals surface area contributed by atoms with Gasteiger partial charge in [0.1, 0.15) is 18.3 Å². The SMILES string of the molecule is CC(C)(C)[C@@H](C(=O)N1CC(O)CC1C(=O)NCc1cocn1)n1cc(C2CC2)nn1. The van der Waals surface area contributed by atoms with Crippen molar-refractivity contribution in [2.45, 2.75) is 70.7 Å². The van der Waals surface area contributed by atoms with E-state index in [1.165, 1.54) is 17.6 Å². The molecule has 0 spiro atoms. The fourth-order valence-electron chi connectivity index (χ4n) is 3.95. The Hall–Kier alpha value is -2.75. The van der Waals surface area contributed by atoms with E-state index in [0.29, 0.717) is 11.6 Å². The number of likely N-dealkylation sites (tertiary alicyclic amines) is 1. The van der Waals surface area contributed by atoms with Crippen molar-refractivity contribution in [3.05, 3.63) is 30.2 Å². The second-order valence-electron chi connectivity index (χ2n) is 9.26. The number of aliphatic hydroxyl groups excluding tert-OH is 1. The number of hydrogen-bond acceptors (Lipinski definition) is 7. The zero-order valence-corrected chi connectivity index (χ0v) is 17.5. The van der Waals surface area contributed by atoms with Crippen molar-refractivity contribution in [1.29, 1.82) is 0 Å². The summed E-state index contributed by atoms with van der Waals surface area (Å²) in [5.74, 6) is -0.140. The normalized spacial score (nSPS) is 22.9. The Morgan fingerprint density at radius 3 is 2.77 bits per heavy atom. The van der Waals surface area contributed by atoms with E-state index in [1.54, 1.807) is 4.68 Å². The highest BCUT2D eigenvalue weighted by Gasteiger charge is 2.45. The lowest BCUT2D eigenvalue weighted by molar-refractivity contribution is -0.144.